The first-order chi connectivity index (χ1) is 9.06. The number of hydrogen-bond acceptors (Lipinski definition) is 3. The number of carbonyl (C=O) groups is 2. The Morgan fingerprint density at radius 3 is 2.84 bits per heavy atom. The van der Waals surface area contributed by atoms with E-state index >= 15 is 0 Å². The summed E-state index contributed by atoms with van der Waals surface area (Å²) in [7, 11) is 0. The van der Waals surface area contributed by atoms with Crippen LogP contribution in [0.5, 0.6) is 0 Å². The van der Waals surface area contributed by atoms with Crippen LogP contribution in [-0.2, 0) is 0 Å². The topological polar surface area (TPSA) is 70.5 Å². The van der Waals surface area contributed by atoms with Crippen molar-refractivity contribution < 1.29 is 14.7 Å². The third-order valence-electron chi connectivity index (χ3n) is 3.73. The third-order valence-corrected chi connectivity index (χ3v) is 3.73. The highest BCUT2D eigenvalue weighted by atomic mass is 16.4. The maximum Gasteiger partial charge on any atom is 0.338 e. The Balaban J connectivity index is 2.36. The van der Waals surface area contributed by atoms with Crippen LogP contribution in [0.4, 0.5) is 0 Å². The van der Waals surface area contributed by atoms with Gasteiger partial charge in [-0.1, -0.05) is 6.92 Å². The quantitative estimate of drug-likeness (QED) is 0.906. The zero-order valence-corrected chi connectivity index (χ0v) is 11.2. The molecule has 0 aromatic carbocycles. The summed E-state index contributed by atoms with van der Waals surface area (Å²) >= 11 is 0. The third kappa shape index (κ3) is 2.45. The maximum atomic E-state index is 12.6. The first-order valence-corrected chi connectivity index (χ1v) is 6.57. The van der Waals surface area contributed by atoms with Gasteiger partial charge < -0.3 is 10.0 Å². The highest BCUT2D eigenvalue weighted by Crippen LogP contribution is 2.28. The monoisotopic (exact) mass is 262 g/mol. The van der Waals surface area contributed by atoms with Gasteiger partial charge in [-0.25, -0.2) is 4.79 Å². The van der Waals surface area contributed by atoms with Crippen molar-refractivity contribution in [1.29, 1.82) is 0 Å². The van der Waals surface area contributed by atoms with Gasteiger partial charge in [0.15, 0.2) is 0 Å². The predicted molar refractivity (Wildman–Crippen MR) is 70.1 cm³/mol. The van der Waals surface area contributed by atoms with Gasteiger partial charge in [0.2, 0.25) is 0 Å². The molecule has 5 nitrogen and oxygen atoms in total. The summed E-state index contributed by atoms with van der Waals surface area (Å²) in [6.07, 6.45) is 4.27. The number of carboxylic acids is 1. The molecule has 2 heterocycles. The summed E-state index contributed by atoms with van der Waals surface area (Å²) in [5, 5.41) is 9.14. The standard InChI is InChI=1S/C14H18N2O3/c1-3-10-7-6-9(2)16(10)13(17)12-11(14(18)19)5-4-8-15-12/h4-5,8-10H,3,6-7H2,1-2H3,(H,18,19). The molecule has 1 aliphatic heterocycles. The van der Waals surface area contributed by atoms with Gasteiger partial charge in [0, 0.05) is 18.3 Å². The molecule has 1 aliphatic rings. The minimum Gasteiger partial charge on any atom is -0.478 e. The first kappa shape index (κ1) is 13.5. The summed E-state index contributed by atoms with van der Waals surface area (Å²) in [6, 6.07) is 3.28. The van der Waals surface area contributed by atoms with Gasteiger partial charge in [0.1, 0.15) is 5.69 Å². The van der Waals surface area contributed by atoms with Gasteiger partial charge >= 0.3 is 5.97 Å². The fourth-order valence-electron chi connectivity index (χ4n) is 2.71. The van der Waals surface area contributed by atoms with Crippen LogP contribution in [0.1, 0.15) is 54.0 Å². The molecule has 0 spiro atoms. The van der Waals surface area contributed by atoms with Crippen molar-refractivity contribution in [3.8, 4) is 0 Å². The van der Waals surface area contributed by atoms with E-state index in [2.05, 4.69) is 4.98 Å². The van der Waals surface area contributed by atoms with E-state index in [0.717, 1.165) is 19.3 Å². The maximum absolute atomic E-state index is 12.6. The van der Waals surface area contributed by atoms with Crippen molar-refractivity contribution >= 4 is 11.9 Å². The van der Waals surface area contributed by atoms with Crippen molar-refractivity contribution in [2.45, 2.75) is 45.2 Å². The molecule has 1 saturated heterocycles. The second kappa shape index (κ2) is 5.38. The molecule has 0 bridgehead atoms. The SMILES string of the molecule is CCC1CCC(C)N1C(=O)c1ncccc1C(=O)O. The largest absolute Gasteiger partial charge is 0.478 e. The van der Waals surface area contributed by atoms with Crippen LogP contribution in [0.15, 0.2) is 18.3 Å². The first-order valence-electron chi connectivity index (χ1n) is 6.57. The molecule has 1 N–H and O–H groups in total. The molecular formula is C14H18N2O3. The van der Waals surface area contributed by atoms with Crippen molar-refractivity contribution in [3.05, 3.63) is 29.6 Å². The normalized spacial score (nSPS) is 22.5. The van der Waals surface area contributed by atoms with Crippen molar-refractivity contribution in [2.75, 3.05) is 0 Å². The van der Waals surface area contributed by atoms with Gasteiger partial charge in [-0.2, -0.15) is 0 Å². The van der Waals surface area contributed by atoms with Gasteiger partial charge in [-0.15, -0.1) is 0 Å². The number of aromatic carboxylic acids is 1. The fourth-order valence-corrected chi connectivity index (χ4v) is 2.71. The molecule has 19 heavy (non-hydrogen) atoms. The Morgan fingerprint density at radius 2 is 2.21 bits per heavy atom. The number of pyridine rings is 1. The minimum absolute atomic E-state index is 0.0264. The average molecular weight is 262 g/mol. The van der Waals surface area contributed by atoms with Gasteiger partial charge in [0.05, 0.1) is 5.56 Å². The lowest BCUT2D eigenvalue weighted by atomic mass is 10.1. The highest BCUT2D eigenvalue weighted by molar-refractivity contribution is 6.03. The number of amides is 1. The zero-order valence-electron chi connectivity index (χ0n) is 11.2. The number of aromatic nitrogens is 1. The summed E-state index contributed by atoms with van der Waals surface area (Å²) in [5.74, 6) is -1.38. The molecule has 1 fully saturated rings. The number of rotatable bonds is 3. The Labute approximate surface area is 112 Å². The molecular weight excluding hydrogens is 244 g/mol. The molecule has 0 aliphatic carbocycles. The molecule has 102 valence electrons. The molecule has 2 atom stereocenters. The lowest BCUT2D eigenvalue weighted by Crippen LogP contribution is -2.40. The average Bonchev–Trinajstić information content (AvgIpc) is 2.79. The Kier molecular flexibility index (Phi) is 3.83. The van der Waals surface area contributed by atoms with Crippen molar-refractivity contribution in [1.82, 2.24) is 9.88 Å². The lowest BCUT2D eigenvalue weighted by Gasteiger charge is -2.28. The summed E-state index contributed by atoms with van der Waals surface area (Å²) < 4.78 is 0. The van der Waals surface area contributed by atoms with E-state index in [4.69, 9.17) is 5.11 Å². The van der Waals surface area contributed by atoms with E-state index in [-0.39, 0.29) is 29.2 Å². The number of likely N-dealkylation sites (tertiary alicyclic amines) is 1. The number of hydrogen-bond donors (Lipinski definition) is 1. The molecule has 5 heteroatoms. The van der Waals surface area contributed by atoms with E-state index in [1.165, 1.54) is 18.3 Å². The van der Waals surface area contributed by atoms with E-state index in [0.29, 0.717) is 0 Å². The molecule has 2 rings (SSSR count). The summed E-state index contributed by atoms with van der Waals surface area (Å²) in [4.78, 5) is 29.5. The van der Waals surface area contributed by atoms with E-state index in [1.807, 2.05) is 13.8 Å². The van der Waals surface area contributed by atoms with Crippen LogP contribution in [-0.4, -0.2) is 39.0 Å². The van der Waals surface area contributed by atoms with Crippen LogP contribution < -0.4 is 0 Å². The Bertz CT molecular complexity index is 501. The minimum atomic E-state index is -1.11. The van der Waals surface area contributed by atoms with Gasteiger partial charge in [-0.05, 0) is 38.3 Å². The number of carboxylic acid groups (broad SMARTS) is 1. The second-order valence-corrected chi connectivity index (χ2v) is 4.91. The smallest absolute Gasteiger partial charge is 0.338 e. The van der Waals surface area contributed by atoms with E-state index in [9.17, 15) is 9.59 Å². The molecule has 2 unspecified atom stereocenters. The molecule has 1 aromatic heterocycles. The molecule has 0 saturated carbocycles. The van der Waals surface area contributed by atoms with Crippen LogP contribution in [0.2, 0.25) is 0 Å². The zero-order chi connectivity index (χ0) is 14.0. The highest BCUT2D eigenvalue weighted by Gasteiger charge is 2.35. The Hall–Kier alpha value is -1.91. The number of nitrogens with zero attached hydrogens (tertiary/aromatic N) is 2. The number of carbonyl (C=O) groups excluding carboxylic acids is 1. The summed E-state index contributed by atoms with van der Waals surface area (Å²) in [6.45, 7) is 4.04. The van der Waals surface area contributed by atoms with Crippen LogP contribution >= 0.6 is 0 Å². The molecule has 1 amide bonds. The van der Waals surface area contributed by atoms with Crippen LogP contribution in [0.25, 0.3) is 0 Å². The second-order valence-electron chi connectivity index (χ2n) is 4.91. The van der Waals surface area contributed by atoms with Crippen molar-refractivity contribution in [3.63, 3.8) is 0 Å². The van der Waals surface area contributed by atoms with E-state index < -0.39 is 5.97 Å². The van der Waals surface area contributed by atoms with Crippen LogP contribution in [0, 0.1) is 0 Å². The summed E-state index contributed by atoms with van der Waals surface area (Å²) in [5.41, 5.74) is 0.0173. The van der Waals surface area contributed by atoms with Gasteiger partial charge in [0.25, 0.3) is 5.91 Å². The molecule has 0 radical (unpaired) electrons. The molecule has 1 aromatic rings. The van der Waals surface area contributed by atoms with Crippen molar-refractivity contribution in [2.24, 2.45) is 0 Å². The predicted octanol–water partition coefficient (Wildman–Crippen LogP) is 2.18. The Morgan fingerprint density at radius 1 is 1.47 bits per heavy atom. The van der Waals surface area contributed by atoms with E-state index in [1.54, 1.807) is 4.90 Å². The lowest BCUT2D eigenvalue weighted by molar-refractivity contribution is 0.0636. The van der Waals surface area contributed by atoms with Gasteiger partial charge in [-0.3, -0.25) is 9.78 Å². The fraction of sp³-hybridized carbons (Fsp3) is 0.500. The van der Waals surface area contributed by atoms with Crippen LogP contribution in [0.3, 0.4) is 0 Å².